The quantitative estimate of drug-likeness (QED) is 0.827. The van der Waals surface area contributed by atoms with Gasteiger partial charge in [0.2, 0.25) is 0 Å². The van der Waals surface area contributed by atoms with E-state index in [0.29, 0.717) is 6.04 Å². The van der Waals surface area contributed by atoms with Gasteiger partial charge in [-0.2, -0.15) is 0 Å². The summed E-state index contributed by atoms with van der Waals surface area (Å²) in [6.07, 6.45) is 4.11. The van der Waals surface area contributed by atoms with Crippen LogP contribution >= 0.6 is 0 Å². The Morgan fingerprint density at radius 1 is 1.25 bits per heavy atom. The van der Waals surface area contributed by atoms with Crippen molar-refractivity contribution in [2.24, 2.45) is 0 Å². The summed E-state index contributed by atoms with van der Waals surface area (Å²) in [6, 6.07) is 6.08. The third-order valence-electron chi connectivity index (χ3n) is 2.46. The SMILES string of the molecule is CNC(C)/C=C/c1cc(OC)ccc1OC. The van der Waals surface area contributed by atoms with Gasteiger partial charge >= 0.3 is 0 Å². The molecule has 1 aromatic carbocycles. The van der Waals surface area contributed by atoms with Crippen LogP contribution in [0.15, 0.2) is 24.3 Å². The summed E-state index contributed by atoms with van der Waals surface area (Å²) in [5, 5.41) is 3.14. The molecule has 0 saturated heterocycles. The van der Waals surface area contributed by atoms with Crippen LogP contribution in [0, 0.1) is 0 Å². The summed E-state index contributed by atoms with van der Waals surface area (Å²) < 4.78 is 10.5. The second-order valence-electron chi connectivity index (χ2n) is 3.54. The number of likely N-dealkylation sites (N-methyl/N-ethyl adjacent to an activating group) is 1. The van der Waals surface area contributed by atoms with Crippen LogP contribution in [-0.2, 0) is 0 Å². The van der Waals surface area contributed by atoms with Gasteiger partial charge in [-0.1, -0.05) is 12.2 Å². The van der Waals surface area contributed by atoms with Crippen molar-refractivity contribution >= 4 is 6.08 Å². The fourth-order valence-electron chi connectivity index (χ4n) is 1.31. The molecule has 0 aliphatic heterocycles. The highest BCUT2D eigenvalue weighted by Gasteiger charge is 2.02. The van der Waals surface area contributed by atoms with Gasteiger partial charge in [-0.15, -0.1) is 0 Å². The molecule has 0 amide bonds. The number of methoxy groups -OCH3 is 2. The zero-order valence-electron chi connectivity index (χ0n) is 10.3. The highest BCUT2D eigenvalue weighted by Crippen LogP contribution is 2.25. The number of ether oxygens (including phenoxy) is 2. The lowest BCUT2D eigenvalue weighted by molar-refractivity contribution is 0.402. The van der Waals surface area contributed by atoms with E-state index in [-0.39, 0.29) is 0 Å². The molecule has 1 aromatic rings. The van der Waals surface area contributed by atoms with Gasteiger partial charge in [0.1, 0.15) is 11.5 Å². The van der Waals surface area contributed by atoms with Crippen LogP contribution in [0.3, 0.4) is 0 Å². The Morgan fingerprint density at radius 3 is 2.56 bits per heavy atom. The maximum atomic E-state index is 5.28. The van der Waals surface area contributed by atoms with Crippen molar-refractivity contribution in [3.63, 3.8) is 0 Å². The maximum absolute atomic E-state index is 5.28. The van der Waals surface area contributed by atoms with E-state index >= 15 is 0 Å². The first kappa shape index (κ1) is 12.6. The second-order valence-corrected chi connectivity index (χ2v) is 3.54. The molecule has 3 heteroatoms. The molecule has 0 fully saturated rings. The molecule has 0 radical (unpaired) electrons. The Bertz CT molecular complexity index is 361. The topological polar surface area (TPSA) is 30.5 Å². The van der Waals surface area contributed by atoms with Crippen LogP contribution in [0.2, 0.25) is 0 Å². The summed E-state index contributed by atoms with van der Waals surface area (Å²) >= 11 is 0. The van der Waals surface area contributed by atoms with Crippen molar-refractivity contribution in [3.05, 3.63) is 29.8 Å². The first-order valence-electron chi connectivity index (χ1n) is 5.28. The average Bonchev–Trinajstić information content (AvgIpc) is 2.35. The van der Waals surface area contributed by atoms with Gasteiger partial charge in [0, 0.05) is 11.6 Å². The van der Waals surface area contributed by atoms with Gasteiger partial charge in [-0.05, 0) is 32.2 Å². The van der Waals surface area contributed by atoms with Crippen LogP contribution in [0.1, 0.15) is 12.5 Å². The van der Waals surface area contributed by atoms with Crippen molar-refractivity contribution in [1.82, 2.24) is 5.32 Å². The summed E-state index contributed by atoms with van der Waals surface area (Å²) in [4.78, 5) is 0. The Morgan fingerprint density at radius 2 is 2.00 bits per heavy atom. The van der Waals surface area contributed by atoms with E-state index in [1.807, 2.05) is 31.3 Å². The number of rotatable bonds is 5. The molecule has 1 unspecified atom stereocenters. The lowest BCUT2D eigenvalue weighted by atomic mass is 10.1. The lowest BCUT2D eigenvalue weighted by Gasteiger charge is -2.08. The second kappa shape index (κ2) is 6.18. The van der Waals surface area contributed by atoms with Crippen LogP contribution in [-0.4, -0.2) is 27.3 Å². The number of hydrogen-bond acceptors (Lipinski definition) is 3. The Kier molecular flexibility index (Phi) is 4.86. The molecule has 1 rings (SSSR count). The summed E-state index contributed by atoms with van der Waals surface area (Å²) in [6.45, 7) is 2.09. The zero-order valence-corrected chi connectivity index (χ0v) is 10.3. The third-order valence-corrected chi connectivity index (χ3v) is 2.46. The summed E-state index contributed by atoms with van der Waals surface area (Å²) in [5.74, 6) is 1.68. The van der Waals surface area contributed by atoms with E-state index in [9.17, 15) is 0 Å². The molecule has 88 valence electrons. The Labute approximate surface area is 97.1 Å². The molecule has 0 heterocycles. The first-order valence-corrected chi connectivity index (χ1v) is 5.28. The Balaban J connectivity index is 2.95. The minimum absolute atomic E-state index is 0.330. The minimum Gasteiger partial charge on any atom is -0.497 e. The highest BCUT2D eigenvalue weighted by molar-refractivity contribution is 5.60. The number of nitrogens with one attached hydrogen (secondary N) is 1. The fourth-order valence-corrected chi connectivity index (χ4v) is 1.31. The smallest absolute Gasteiger partial charge is 0.126 e. The average molecular weight is 221 g/mol. The van der Waals surface area contributed by atoms with Crippen molar-refractivity contribution < 1.29 is 9.47 Å². The fraction of sp³-hybridized carbons (Fsp3) is 0.385. The standard InChI is InChI=1S/C13H19NO2/c1-10(14-2)5-6-11-9-12(15-3)7-8-13(11)16-4/h5-10,14H,1-4H3/b6-5+. The normalized spacial score (nSPS) is 12.8. The van der Waals surface area contributed by atoms with Crippen molar-refractivity contribution in [2.75, 3.05) is 21.3 Å². The first-order chi connectivity index (χ1) is 7.71. The van der Waals surface area contributed by atoms with E-state index in [0.717, 1.165) is 17.1 Å². The van der Waals surface area contributed by atoms with E-state index in [1.165, 1.54) is 0 Å². The monoisotopic (exact) mass is 221 g/mol. The molecule has 0 saturated carbocycles. The van der Waals surface area contributed by atoms with E-state index in [4.69, 9.17) is 9.47 Å². The molecular formula is C13H19NO2. The van der Waals surface area contributed by atoms with Crippen LogP contribution in [0.5, 0.6) is 11.5 Å². The van der Waals surface area contributed by atoms with Crippen molar-refractivity contribution in [3.8, 4) is 11.5 Å². The maximum Gasteiger partial charge on any atom is 0.126 e. The van der Waals surface area contributed by atoms with Gasteiger partial charge in [-0.25, -0.2) is 0 Å². The predicted molar refractivity (Wildman–Crippen MR) is 67.1 cm³/mol. The van der Waals surface area contributed by atoms with Gasteiger partial charge in [0.05, 0.1) is 14.2 Å². The van der Waals surface area contributed by atoms with E-state index in [2.05, 4.69) is 18.3 Å². The third kappa shape index (κ3) is 3.28. The Hall–Kier alpha value is -1.48. The molecule has 0 aliphatic carbocycles. The van der Waals surface area contributed by atoms with Gasteiger partial charge in [0.15, 0.2) is 0 Å². The molecule has 0 bridgehead atoms. The van der Waals surface area contributed by atoms with E-state index < -0.39 is 0 Å². The van der Waals surface area contributed by atoms with E-state index in [1.54, 1.807) is 14.2 Å². The molecule has 0 aromatic heterocycles. The molecule has 0 spiro atoms. The summed E-state index contributed by atoms with van der Waals surface area (Å²) in [5.41, 5.74) is 1.02. The lowest BCUT2D eigenvalue weighted by Crippen LogP contribution is -2.17. The number of benzene rings is 1. The molecule has 1 atom stereocenters. The van der Waals surface area contributed by atoms with Crippen LogP contribution < -0.4 is 14.8 Å². The number of hydrogen-bond donors (Lipinski definition) is 1. The molecule has 1 N–H and O–H groups in total. The van der Waals surface area contributed by atoms with Crippen molar-refractivity contribution in [2.45, 2.75) is 13.0 Å². The van der Waals surface area contributed by atoms with Gasteiger partial charge in [0.25, 0.3) is 0 Å². The predicted octanol–water partition coefficient (Wildman–Crippen LogP) is 2.32. The molecule has 3 nitrogen and oxygen atoms in total. The minimum atomic E-state index is 0.330. The largest absolute Gasteiger partial charge is 0.497 e. The molecular weight excluding hydrogens is 202 g/mol. The molecule has 16 heavy (non-hydrogen) atoms. The van der Waals surface area contributed by atoms with Crippen LogP contribution in [0.4, 0.5) is 0 Å². The zero-order chi connectivity index (χ0) is 12.0. The van der Waals surface area contributed by atoms with Gasteiger partial charge in [-0.3, -0.25) is 0 Å². The van der Waals surface area contributed by atoms with Crippen molar-refractivity contribution in [1.29, 1.82) is 0 Å². The highest BCUT2D eigenvalue weighted by atomic mass is 16.5. The molecule has 0 aliphatic rings. The summed E-state index contributed by atoms with van der Waals surface area (Å²) in [7, 11) is 5.25. The van der Waals surface area contributed by atoms with Crippen LogP contribution in [0.25, 0.3) is 6.08 Å². The van der Waals surface area contributed by atoms with Gasteiger partial charge < -0.3 is 14.8 Å².